The molecule has 1 aromatic carbocycles. The van der Waals surface area contributed by atoms with Crippen LogP contribution < -0.4 is 9.47 Å². The Balaban J connectivity index is 1.78. The predicted molar refractivity (Wildman–Crippen MR) is 65.5 cm³/mol. The van der Waals surface area contributed by atoms with E-state index in [4.69, 9.17) is 9.47 Å². The van der Waals surface area contributed by atoms with Gasteiger partial charge in [0.15, 0.2) is 11.5 Å². The van der Waals surface area contributed by atoms with Crippen LogP contribution in [0.1, 0.15) is 32.1 Å². The fourth-order valence-electron chi connectivity index (χ4n) is 3.77. The van der Waals surface area contributed by atoms with Crippen LogP contribution in [0.5, 0.6) is 11.5 Å². The zero-order chi connectivity index (χ0) is 12.2. The summed E-state index contributed by atoms with van der Waals surface area (Å²) in [5, 5.41) is 0. The maximum Gasteiger partial charge on any atom is 0.264 e. The summed E-state index contributed by atoms with van der Waals surface area (Å²) in [4.78, 5) is 12.2. The zero-order valence-corrected chi connectivity index (χ0v) is 10.2. The van der Waals surface area contributed by atoms with Crippen LogP contribution in [0.15, 0.2) is 24.3 Å². The van der Waals surface area contributed by atoms with Gasteiger partial charge in [-0.25, -0.2) is 0 Å². The predicted octanol–water partition coefficient (Wildman–Crippen LogP) is 2.93. The summed E-state index contributed by atoms with van der Waals surface area (Å²) < 4.78 is 12.3. The van der Waals surface area contributed by atoms with Crippen LogP contribution in [0.2, 0.25) is 0 Å². The fourth-order valence-corrected chi connectivity index (χ4v) is 3.77. The molecular weight excluding hydrogens is 228 g/mol. The van der Waals surface area contributed by atoms with E-state index < -0.39 is 5.79 Å². The normalized spacial score (nSPS) is 31.7. The molecule has 1 aliphatic heterocycles. The lowest BCUT2D eigenvalue weighted by atomic mass is 9.66. The number of benzene rings is 1. The molecule has 1 aromatic rings. The molecule has 0 amide bonds. The number of Topliss-reactive ketones (excluding diaryl/α,β-unsaturated/α-hetero) is 1. The molecule has 2 aliphatic carbocycles. The van der Waals surface area contributed by atoms with E-state index in [1.165, 1.54) is 0 Å². The van der Waals surface area contributed by atoms with Crippen molar-refractivity contribution in [2.24, 2.45) is 11.8 Å². The van der Waals surface area contributed by atoms with Crippen molar-refractivity contribution in [3.05, 3.63) is 24.3 Å². The van der Waals surface area contributed by atoms with Gasteiger partial charge in [-0.15, -0.1) is 0 Å². The number of carbonyl (C=O) groups is 1. The number of ether oxygens (including phenoxy) is 2. The van der Waals surface area contributed by atoms with Gasteiger partial charge in [0.25, 0.3) is 5.79 Å². The highest BCUT2D eigenvalue weighted by molar-refractivity contribution is 5.83. The molecule has 0 N–H and O–H groups in total. The van der Waals surface area contributed by atoms with Gasteiger partial charge in [-0.2, -0.15) is 0 Å². The molecule has 3 heteroatoms. The molecule has 0 saturated heterocycles. The first-order valence-electron chi connectivity index (χ1n) is 6.79. The number of carbonyl (C=O) groups excluding carboxylic acids is 1. The molecule has 1 spiro atoms. The average Bonchev–Trinajstić information content (AvgIpc) is 2.73. The van der Waals surface area contributed by atoms with Crippen molar-refractivity contribution in [1.29, 1.82) is 0 Å². The van der Waals surface area contributed by atoms with Crippen LogP contribution in [0, 0.1) is 11.8 Å². The molecule has 0 aromatic heterocycles. The van der Waals surface area contributed by atoms with Crippen molar-refractivity contribution in [2.45, 2.75) is 37.9 Å². The molecule has 3 aliphatic rings. The summed E-state index contributed by atoms with van der Waals surface area (Å²) in [7, 11) is 0. The molecule has 2 fully saturated rings. The summed E-state index contributed by atoms with van der Waals surface area (Å²) in [6.45, 7) is 0. The first-order valence-corrected chi connectivity index (χ1v) is 6.79. The van der Waals surface area contributed by atoms with Crippen molar-refractivity contribution in [2.75, 3.05) is 0 Å². The van der Waals surface area contributed by atoms with Gasteiger partial charge in [0, 0.05) is 12.3 Å². The summed E-state index contributed by atoms with van der Waals surface area (Å²) >= 11 is 0. The van der Waals surface area contributed by atoms with Crippen LogP contribution in [-0.4, -0.2) is 11.6 Å². The molecule has 4 rings (SSSR count). The van der Waals surface area contributed by atoms with Crippen LogP contribution in [0.3, 0.4) is 0 Å². The van der Waals surface area contributed by atoms with Crippen molar-refractivity contribution in [1.82, 2.24) is 0 Å². The quantitative estimate of drug-likeness (QED) is 0.704. The van der Waals surface area contributed by atoms with Crippen LogP contribution in [-0.2, 0) is 4.79 Å². The number of hydrogen-bond acceptors (Lipinski definition) is 3. The third-order valence-electron chi connectivity index (χ3n) is 4.62. The molecule has 2 saturated carbocycles. The van der Waals surface area contributed by atoms with E-state index in [1.54, 1.807) is 0 Å². The maximum absolute atomic E-state index is 12.2. The van der Waals surface area contributed by atoms with Gasteiger partial charge in [0.05, 0.1) is 5.92 Å². The van der Waals surface area contributed by atoms with Gasteiger partial charge in [-0.05, 0) is 31.4 Å². The molecule has 2 atom stereocenters. The summed E-state index contributed by atoms with van der Waals surface area (Å²) in [6, 6.07) is 7.75. The molecule has 2 bridgehead atoms. The van der Waals surface area contributed by atoms with E-state index in [0.29, 0.717) is 18.1 Å². The first-order chi connectivity index (χ1) is 8.79. The Labute approximate surface area is 106 Å². The fraction of sp³-hybridized carbons (Fsp3) is 0.533. The van der Waals surface area contributed by atoms with Crippen molar-refractivity contribution < 1.29 is 14.3 Å². The minimum Gasteiger partial charge on any atom is -0.447 e. The third kappa shape index (κ3) is 1.22. The number of para-hydroxylation sites is 2. The van der Waals surface area contributed by atoms with E-state index in [1.807, 2.05) is 24.3 Å². The lowest BCUT2D eigenvalue weighted by molar-refractivity contribution is -0.202. The Kier molecular flexibility index (Phi) is 2.02. The second-order valence-corrected chi connectivity index (χ2v) is 5.56. The number of hydrogen-bond donors (Lipinski definition) is 0. The van der Waals surface area contributed by atoms with Gasteiger partial charge in [0.1, 0.15) is 5.78 Å². The molecule has 0 radical (unpaired) electrons. The second kappa shape index (κ2) is 3.50. The minimum atomic E-state index is -0.683. The van der Waals surface area contributed by atoms with Gasteiger partial charge in [-0.1, -0.05) is 18.6 Å². The SMILES string of the molecule is O=C1CC[C@@H]2CCC[C@H]1C21Oc2ccccc2O1. The smallest absolute Gasteiger partial charge is 0.264 e. The lowest BCUT2D eigenvalue weighted by Crippen LogP contribution is -2.59. The average molecular weight is 244 g/mol. The molecule has 3 nitrogen and oxygen atoms in total. The Hall–Kier alpha value is -1.51. The van der Waals surface area contributed by atoms with E-state index in [-0.39, 0.29) is 5.92 Å². The monoisotopic (exact) mass is 244 g/mol. The highest BCUT2D eigenvalue weighted by atomic mass is 16.7. The molecule has 18 heavy (non-hydrogen) atoms. The van der Waals surface area contributed by atoms with Gasteiger partial charge in [-0.3, -0.25) is 4.79 Å². The third-order valence-corrected chi connectivity index (χ3v) is 4.62. The zero-order valence-electron chi connectivity index (χ0n) is 10.2. The molecular formula is C15H16O3. The maximum atomic E-state index is 12.2. The lowest BCUT2D eigenvalue weighted by Gasteiger charge is -2.47. The van der Waals surface area contributed by atoms with Gasteiger partial charge >= 0.3 is 0 Å². The Bertz CT molecular complexity index is 483. The first kappa shape index (κ1) is 10.4. The van der Waals surface area contributed by atoms with Crippen LogP contribution in [0.4, 0.5) is 0 Å². The Morgan fingerprint density at radius 1 is 1.06 bits per heavy atom. The number of ketones is 1. The molecule has 0 unspecified atom stereocenters. The summed E-state index contributed by atoms with van der Waals surface area (Å²) in [5.74, 6) is 1.52. The van der Waals surface area contributed by atoms with Crippen molar-refractivity contribution in [3.8, 4) is 11.5 Å². The van der Waals surface area contributed by atoms with E-state index >= 15 is 0 Å². The van der Waals surface area contributed by atoms with Crippen molar-refractivity contribution >= 4 is 5.78 Å². The number of fused-ring (bicyclic) bond motifs is 1. The van der Waals surface area contributed by atoms with Crippen LogP contribution >= 0.6 is 0 Å². The van der Waals surface area contributed by atoms with E-state index in [0.717, 1.165) is 37.2 Å². The van der Waals surface area contributed by atoms with Gasteiger partial charge in [0.2, 0.25) is 0 Å². The molecule has 1 heterocycles. The Morgan fingerprint density at radius 2 is 1.78 bits per heavy atom. The summed E-state index contributed by atoms with van der Waals surface area (Å²) in [6.07, 6.45) is 4.73. The number of rotatable bonds is 0. The van der Waals surface area contributed by atoms with E-state index in [2.05, 4.69) is 0 Å². The largest absolute Gasteiger partial charge is 0.447 e. The van der Waals surface area contributed by atoms with Crippen LogP contribution in [0.25, 0.3) is 0 Å². The topological polar surface area (TPSA) is 35.5 Å². The van der Waals surface area contributed by atoms with Crippen molar-refractivity contribution in [3.63, 3.8) is 0 Å². The molecule has 94 valence electrons. The minimum absolute atomic E-state index is 0.0719. The highest BCUT2D eigenvalue weighted by Gasteiger charge is 2.60. The Morgan fingerprint density at radius 3 is 2.50 bits per heavy atom. The van der Waals surface area contributed by atoms with E-state index in [9.17, 15) is 4.79 Å². The summed E-state index contributed by atoms with van der Waals surface area (Å²) in [5.41, 5.74) is 0. The standard InChI is InChI=1S/C15H16O3/c16-12-9-8-10-4-3-5-11(12)15(10)17-13-6-1-2-7-14(13)18-15/h1-2,6-7,10-11H,3-5,8-9H2/t10-,11+/m0/s1. The highest BCUT2D eigenvalue weighted by Crippen LogP contribution is 2.54. The second-order valence-electron chi connectivity index (χ2n) is 5.56. The van der Waals surface area contributed by atoms with Gasteiger partial charge < -0.3 is 9.47 Å².